The Hall–Kier alpha value is -1.16. The molecule has 0 saturated heterocycles. The number of rotatable bonds is 7. The minimum Gasteiger partial charge on any atom is -0.476 e. The minimum absolute atomic E-state index is 0.657. The van der Waals surface area contributed by atoms with Crippen LogP contribution in [0, 0.1) is 5.92 Å². The molecule has 4 nitrogen and oxygen atoms in total. The monoisotopic (exact) mass is 263 g/mol. The zero-order valence-electron chi connectivity index (χ0n) is 11.9. The summed E-state index contributed by atoms with van der Waals surface area (Å²) in [5.41, 5.74) is 0.971. The van der Waals surface area contributed by atoms with Gasteiger partial charge in [0, 0.05) is 6.54 Å². The molecule has 4 heteroatoms. The molecule has 1 N–H and O–H groups in total. The van der Waals surface area contributed by atoms with Crippen LogP contribution in [0.3, 0.4) is 0 Å². The molecule has 2 rings (SSSR count). The van der Waals surface area contributed by atoms with Crippen LogP contribution < -0.4 is 10.1 Å². The van der Waals surface area contributed by atoms with E-state index in [-0.39, 0.29) is 0 Å². The summed E-state index contributed by atoms with van der Waals surface area (Å²) < 4.78 is 5.73. The van der Waals surface area contributed by atoms with Gasteiger partial charge in [0.15, 0.2) is 0 Å². The lowest BCUT2D eigenvalue weighted by molar-refractivity contribution is 0.202. The van der Waals surface area contributed by atoms with E-state index in [1.54, 1.807) is 12.4 Å². The van der Waals surface area contributed by atoms with Crippen LogP contribution in [0.4, 0.5) is 0 Å². The average Bonchev–Trinajstić information content (AvgIpc) is 2.48. The van der Waals surface area contributed by atoms with Crippen LogP contribution in [0.15, 0.2) is 12.4 Å². The van der Waals surface area contributed by atoms with E-state index in [2.05, 4.69) is 22.2 Å². The summed E-state index contributed by atoms with van der Waals surface area (Å²) >= 11 is 0. The summed E-state index contributed by atoms with van der Waals surface area (Å²) in [6.45, 7) is 4.74. The highest BCUT2D eigenvalue weighted by Crippen LogP contribution is 2.24. The van der Waals surface area contributed by atoms with Gasteiger partial charge in [0.2, 0.25) is 5.88 Å². The first-order valence-corrected chi connectivity index (χ1v) is 7.53. The van der Waals surface area contributed by atoms with E-state index < -0.39 is 0 Å². The van der Waals surface area contributed by atoms with Crippen LogP contribution in [-0.4, -0.2) is 23.1 Å². The van der Waals surface area contributed by atoms with Crippen LogP contribution in [0.2, 0.25) is 0 Å². The summed E-state index contributed by atoms with van der Waals surface area (Å²) in [5.74, 6) is 1.37. The van der Waals surface area contributed by atoms with Gasteiger partial charge in [-0.1, -0.05) is 26.2 Å². The van der Waals surface area contributed by atoms with Crippen molar-refractivity contribution in [1.82, 2.24) is 15.3 Å². The topological polar surface area (TPSA) is 47.0 Å². The van der Waals surface area contributed by atoms with Gasteiger partial charge in [-0.15, -0.1) is 0 Å². The second-order valence-corrected chi connectivity index (χ2v) is 5.34. The van der Waals surface area contributed by atoms with Gasteiger partial charge in [-0.25, -0.2) is 4.98 Å². The van der Waals surface area contributed by atoms with Gasteiger partial charge in [-0.3, -0.25) is 4.98 Å². The molecular formula is C15H25N3O. The van der Waals surface area contributed by atoms with Crippen LogP contribution in [0.5, 0.6) is 5.88 Å². The molecule has 0 aliphatic heterocycles. The van der Waals surface area contributed by atoms with Crippen molar-refractivity contribution in [3.63, 3.8) is 0 Å². The Labute approximate surface area is 116 Å². The summed E-state index contributed by atoms with van der Waals surface area (Å²) in [5, 5.41) is 3.31. The third kappa shape index (κ3) is 5.15. The van der Waals surface area contributed by atoms with Crippen molar-refractivity contribution >= 4 is 0 Å². The highest BCUT2D eigenvalue weighted by molar-refractivity contribution is 5.07. The number of hydrogen-bond acceptors (Lipinski definition) is 4. The molecule has 1 fully saturated rings. The smallest absolute Gasteiger partial charge is 0.232 e. The Morgan fingerprint density at radius 3 is 2.74 bits per heavy atom. The zero-order valence-corrected chi connectivity index (χ0v) is 11.9. The summed E-state index contributed by atoms with van der Waals surface area (Å²) in [7, 11) is 0. The summed E-state index contributed by atoms with van der Waals surface area (Å²) in [4.78, 5) is 8.68. The van der Waals surface area contributed by atoms with E-state index in [0.29, 0.717) is 11.8 Å². The zero-order chi connectivity index (χ0) is 13.3. The fourth-order valence-corrected chi connectivity index (χ4v) is 2.46. The van der Waals surface area contributed by atoms with Crippen molar-refractivity contribution in [2.75, 3.05) is 13.2 Å². The van der Waals surface area contributed by atoms with E-state index >= 15 is 0 Å². The van der Waals surface area contributed by atoms with Crippen LogP contribution in [0.25, 0.3) is 0 Å². The predicted molar refractivity (Wildman–Crippen MR) is 76.1 cm³/mol. The van der Waals surface area contributed by atoms with Crippen molar-refractivity contribution in [3.05, 3.63) is 18.1 Å². The van der Waals surface area contributed by atoms with Crippen LogP contribution >= 0.6 is 0 Å². The highest BCUT2D eigenvalue weighted by Gasteiger charge is 2.14. The number of nitrogens with zero attached hydrogens (tertiary/aromatic N) is 2. The van der Waals surface area contributed by atoms with Gasteiger partial charge in [0.1, 0.15) is 0 Å². The predicted octanol–water partition coefficient (Wildman–Crippen LogP) is 2.94. The van der Waals surface area contributed by atoms with Crippen molar-refractivity contribution in [2.45, 2.75) is 52.0 Å². The third-order valence-electron chi connectivity index (χ3n) is 3.61. The molecule has 0 spiro atoms. The van der Waals surface area contributed by atoms with Crippen molar-refractivity contribution in [1.29, 1.82) is 0 Å². The summed E-state index contributed by atoms with van der Waals surface area (Å²) in [6, 6.07) is 0. The van der Waals surface area contributed by atoms with E-state index in [1.165, 1.54) is 32.1 Å². The Balaban J connectivity index is 1.71. The third-order valence-corrected chi connectivity index (χ3v) is 3.61. The molecule has 0 bridgehead atoms. The molecule has 0 atom stereocenters. The Morgan fingerprint density at radius 2 is 2.05 bits per heavy atom. The number of ether oxygens (including phenoxy) is 1. The number of nitrogens with one attached hydrogen (secondary N) is 1. The van der Waals surface area contributed by atoms with Crippen LogP contribution in [-0.2, 0) is 6.54 Å². The number of hydrogen-bond donors (Lipinski definition) is 1. The van der Waals surface area contributed by atoms with E-state index in [4.69, 9.17) is 4.74 Å². The van der Waals surface area contributed by atoms with Gasteiger partial charge >= 0.3 is 0 Å². The lowest BCUT2D eigenvalue weighted by Crippen LogP contribution is -2.17. The van der Waals surface area contributed by atoms with E-state index in [1.807, 2.05) is 0 Å². The molecule has 1 aromatic rings. The molecule has 106 valence electrons. The lowest BCUT2D eigenvalue weighted by atomic mass is 9.90. The van der Waals surface area contributed by atoms with E-state index in [9.17, 15) is 0 Å². The van der Waals surface area contributed by atoms with Gasteiger partial charge in [-0.05, 0) is 31.7 Å². The maximum atomic E-state index is 5.73. The van der Waals surface area contributed by atoms with Crippen molar-refractivity contribution < 1.29 is 4.74 Å². The first kappa shape index (κ1) is 14.3. The molecule has 0 radical (unpaired) electrons. The normalized spacial score (nSPS) is 16.5. The molecule has 1 aliphatic rings. The molecule has 1 heterocycles. The van der Waals surface area contributed by atoms with E-state index in [0.717, 1.165) is 31.8 Å². The maximum absolute atomic E-state index is 5.73. The second kappa shape index (κ2) is 8.10. The second-order valence-electron chi connectivity index (χ2n) is 5.34. The first-order valence-electron chi connectivity index (χ1n) is 7.53. The molecule has 0 aromatic carbocycles. The van der Waals surface area contributed by atoms with Crippen LogP contribution in [0.1, 0.15) is 51.1 Å². The summed E-state index contributed by atoms with van der Waals surface area (Å²) in [6.07, 6.45) is 11.4. The molecule has 1 aliphatic carbocycles. The molecular weight excluding hydrogens is 238 g/mol. The minimum atomic E-state index is 0.657. The van der Waals surface area contributed by atoms with Gasteiger partial charge in [-0.2, -0.15) is 0 Å². The lowest BCUT2D eigenvalue weighted by Gasteiger charge is -2.21. The highest BCUT2D eigenvalue weighted by atomic mass is 16.5. The van der Waals surface area contributed by atoms with Crippen molar-refractivity contribution in [3.8, 4) is 5.88 Å². The SMILES string of the molecule is CCCNCc1cnc(OCC2CCCCC2)cn1. The average molecular weight is 263 g/mol. The standard InChI is InChI=1S/C15H25N3O/c1-2-8-16-9-14-10-18-15(11-17-14)19-12-13-6-4-3-5-7-13/h10-11,13,16H,2-9,12H2,1H3. The Morgan fingerprint density at radius 1 is 1.21 bits per heavy atom. The molecule has 0 amide bonds. The van der Waals surface area contributed by atoms with Gasteiger partial charge in [0.05, 0.1) is 24.7 Å². The van der Waals surface area contributed by atoms with Crippen molar-refractivity contribution in [2.24, 2.45) is 5.92 Å². The number of aromatic nitrogens is 2. The molecule has 0 unspecified atom stereocenters. The quantitative estimate of drug-likeness (QED) is 0.768. The maximum Gasteiger partial charge on any atom is 0.232 e. The fourth-order valence-electron chi connectivity index (χ4n) is 2.46. The molecule has 1 saturated carbocycles. The van der Waals surface area contributed by atoms with Gasteiger partial charge in [0.25, 0.3) is 0 Å². The molecule has 1 aromatic heterocycles. The first-order chi connectivity index (χ1) is 9.38. The Bertz CT molecular complexity index is 347. The largest absolute Gasteiger partial charge is 0.476 e. The Kier molecular flexibility index (Phi) is 6.08. The fraction of sp³-hybridized carbons (Fsp3) is 0.733. The van der Waals surface area contributed by atoms with Gasteiger partial charge < -0.3 is 10.1 Å². The molecule has 19 heavy (non-hydrogen) atoms.